The SMILES string of the molecule is CCCC1=C(C(=O)OC(C)C)C(c2ccc(OCc3ccc(F)cc3)cc2)NC(=O)N1. The van der Waals surface area contributed by atoms with E-state index < -0.39 is 12.0 Å². The van der Waals surface area contributed by atoms with Crippen LogP contribution in [0.1, 0.15) is 50.8 Å². The van der Waals surface area contributed by atoms with Crippen molar-refractivity contribution in [2.45, 2.75) is 52.4 Å². The summed E-state index contributed by atoms with van der Waals surface area (Å²) in [5.41, 5.74) is 2.59. The molecule has 1 unspecified atom stereocenters. The Balaban J connectivity index is 1.81. The molecule has 0 bridgehead atoms. The van der Waals surface area contributed by atoms with Crippen molar-refractivity contribution in [1.82, 2.24) is 10.6 Å². The molecule has 31 heavy (non-hydrogen) atoms. The molecule has 1 heterocycles. The quantitative estimate of drug-likeness (QED) is 0.597. The van der Waals surface area contributed by atoms with Crippen molar-refractivity contribution in [3.8, 4) is 5.75 Å². The minimum Gasteiger partial charge on any atom is -0.489 e. The lowest BCUT2D eigenvalue weighted by atomic mass is 9.93. The standard InChI is InChI=1S/C24H27FN2O4/c1-4-5-20-21(23(28)31-15(2)3)22(27-24(29)26-20)17-8-12-19(13-9-17)30-14-16-6-10-18(25)11-7-16/h6-13,15,22H,4-5,14H2,1-3H3,(H2,26,27,29). The van der Waals surface area contributed by atoms with E-state index in [9.17, 15) is 14.0 Å². The van der Waals surface area contributed by atoms with Crippen molar-refractivity contribution in [2.24, 2.45) is 0 Å². The van der Waals surface area contributed by atoms with E-state index in [1.165, 1.54) is 12.1 Å². The highest BCUT2D eigenvalue weighted by atomic mass is 19.1. The van der Waals surface area contributed by atoms with Gasteiger partial charge in [-0.2, -0.15) is 0 Å². The van der Waals surface area contributed by atoms with Gasteiger partial charge in [-0.3, -0.25) is 0 Å². The van der Waals surface area contributed by atoms with Crippen LogP contribution in [0.4, 0.5) is 9.18 Å². The fourth-order valence-corrected chi connectivity index (χ4v) is 3.34. The van der Waals surface area contributed by atoms with Crippen LogP contribution in [0.5, 0.6) is 5.75 Å². The Bertz CT molecular complexity index is 953. The molecular formula is C24H27FN2O4. The molecule has 2 amide bonds. The molecule has 2 aromatic carbocycles. The van der Waals surface area contributed by atoms with Crippen LogP contribution in [0.2, 0.25) is 0 Å². The second-order valence-corrected chi connectivity index (χ2v) is 7.61. The third kappa shape index (κ3) is 5.84. The smallest absolute Gasteiger partial charge is 0.338 e. The Morgan fingerprint density at radius 3 is 2.39 bits per heavy atom. The van der Waals surface area contributed by atoms with Crippen LogP contribution in [-0.2, 0) is 16.1 Å². The summed E-state index contributed by atoms with van der Waals surface area (Å²) in [6.07, 6.45) is 1.06. The van der Waals surface area contributed by atoms with Crippen LogP contribution in [0.3, 0.4) is 0 Å². The number of hydrogen-bond donors (Lipinski definition) is 2. The lowest BCUT2D eigenvalue weighted by molar-refractivity contribution is -0.143. The molecule has 7 heteroatoms. The van der Waals surface area contributed by atoms with Gasteiger partial charge in [-0.15, -0.1) is 0 Å². The average Bonchev–Trinajstić information content (AvgIpc) is 2.73. The first-order valence-electron chi connectivity index (χ1n) is 10.4. The Morgan fingerprint density at radius 2 is 1.77 bits per heavy atom. The number of carbonyl (C=O) groups is 2. The van der Waals surface area contributed by atoms with Crippen molar-refractivity contribution >= 4 is 12.0 Å². The van der Waals surface area contributed by atoms with Gasteiger partial charge >= 0.3 is 12.0 Å². The first kappa shape index (κ1) is 22.3. The number of carbonyl (C=O) groups excluding carboxylic acids is 2. The first-order valence-corrected chi connectivity index (χ1v) is 10.4. The van der Waals surface area contributed by atoms with Gasteiger partial charge in [-0.05, 0) is 55.7 Å². The number of urea groups is 1. The molecule has 1 aliphatic heterocycles. The van der Waals surface area contributed by atoms with Gasteiger partial charge in [0.05, 0.1) is 17.7 Å². The molecule has 0 aromatic heterocycles. The molecule has 2 N–H and O–H groups in total. The number of rotatable bonds is 8. The second kappa shape index (κ2) is 10.1. The number of benzene rings is 2. The molecule has 0 radical (unpaired) electrons. The van der Waals surface area contributed by atoms with Gasteiger partial charge in [-0.25, -0.2) is 14.0 Å². The predicted octanol–water partition coefficient (Wildman–Crippen LogP) is 4.76. The van der Waals surface area contributed by atoms with Gasteiger partial charge in [0.2, 0.25) is 0 Å². The molecule has 1 atom stereocenters. The zero-order chi connectivity index (χ0) is 22.4. The van der Waals surface area contributed by atoms with E-state index in [2.05, 4.69) is 10.6 Å². The summed E-state index contributed by atoms with van der Waals surface area (Å²) in [6.45, 7) is 5.86. The third-order valence-electron chi connectivity index (χ3n) is 4.75. The van der Waals surface area contributed by atoms with E-state index in [1.54, 1.807) is 38.1 Å². The summed E-state index contributed by atoms with van der Waals surface area (Å²) in [5, 5.41) is 5.58. The van der Waals surface area contributed by atoms with Crippen molar-refractivity contribution in [1.29, 1.82) is 0 Å². The second-order valence-electron chi connectivity index (χ2n) is 7.61. The van der Waals surface area contributed by atoms with Gasteiger partial charge in [0, 0.05) is 5.70 Å². The van der Waals surface area contributed by atoms with Crippen LogP contribution in [0.15, 0.2) is 59.8 Å². The van der Waals surface area contributed by atoms with E-state index >= 15 is 0 Å². The molecule has 3 rings (SSSR count). The first-order chi connectivity index (χ1) is 14.9. The van der Waals surface area contributed by atoms with E-state index in [0.717, 1.165) is 17.5 Å². The number of amides is 2. The summed E-state index contributed by atoms with van der Waals surface area (Å²) in [4.78, 5) is 25.0. The molecule has 0 saturated heterocycles. The Labute approximate surface area is 181 Å². The van der Waals surface area contributed by atoms with Crippen molar-refractivity contribution in [3.05, 3.63) is 76.7 Å². The van der Waals surface area contributed by atoms with E-state index in [1.807, 2.05) is 19.1 Å². The van der Waals surface area contributed by atoms with Crippen LogP contribution >= 0.6 is 0 Å². The third-order valence-corrected chi connectivity index (χ3v) is 4.75. The average molecular weight is 426 g/mol. The predicted molar refractivity (Wildman–Crippen MR) is 115 cm³/mol. The monoisotopic (exact) mass is 426 g/mol. The number of allylic oxidation sites excluding steroid dienone is 1. The summed E-state index contributed by atoms with van der Waals surface area (Å²) < 4.78 is 24.2. The van der Waals surface area contributed by atoms with E-state index in [4.69, 9.17) is 9.47 Å². The molecule has 0 fully saturated rings. The van der Waals surface area contributed by atoms with Crippen molar-refractivity contribution in [2.75, 3.05) is 0 Å². The topological polar surface area (TPSA) is 76.7 Å². The van der Waals surface area contributed by atoms with Crippen LogP contribution in [0, 0.1) is 5.82 Å². The lowest BCUT2D eigenvalue weighted by Crippen LogP contribution is -2.46. The fraction of sp³-hybridized carbons (Fsp3) is 0.333. The highest BCUT2D eigenvalue weighted by molar-refractivity contribution is 5.95. The molecule has 0 spiro atoms. The molecule has 0 saturated carbocycles. The van der Waals surface area contributed by atoms with Crippen molar-refractivity contribution in [3.63, 3.8) is 0 Å². The Morgan fingerprint density at radius 1 is 1.10 bits per heavy atom. The molecule has 1 aliphatic rings. The minimum atomic E-state index is -0.618. The number of nitrogens with one attached hydrogen (secondary N) is 2. The summed E-state index contributed by atoms with van der Waals surface area (Å²) in [6, 6.07) is 12.3. The largest absolute Gasteiger partial charge is 0.489 e. The van der Waals surface area contributed by atoms with Gasteiger partial charge in [0.15, 0.2) is 0 Å². The fourth-order valence-electron chi connectivity index (χ4n) is 3.34. The minimum absolute atomic E-state index is 0.275. The number of halogens is 1. The molecule has 6 nitrogen and oxygen atoms in total. The molecule has 164 valence electrons. The Hall–Kier alpha value is -3.35. The molecule has 0 aliphatic carbocycles. The lowest BCUT2D eigenvalue weighted by Gasteiger charge is -2.30. The summed E-state index contributed by atoms with van der Waals surface area (Å²) in [5.74, 6) is -0.121. The van der Waals surface area contributed by atoms with Crippen LogP contribution in [0.25, 0.3) is 0 Å². The maximum Gasteiger partial charge on any atom is 0.338 e. The highest BCUT2D eigenvalue weighted by Gasteiger charge is 2.33. The molecular weight excluding hydrogens is 399 g/mol. The normalized spacial score (nSPS) is 16.0. The van der Waals surface area contributed by atoms with Crippen molar-refractivity contribution < 1.29 is 23.5 Å². The van der Waals surface area contributed by atoms with Crippen LogP contribution in [-0.4, -0.2) is 18.1 Å². The van der Waals surface area contributed by atoms with Gasteiger partial charge < -0.3 is 20.1 Å². The number of hydrogen-bond acceptors (Lipinski definition) is 4. The summed E-state index contributed by atoms with van der Waals surface area (Å²) >= 11 is 0. The number of esters is 1. The van der Waals surface area contributed by atoms with Gasteiger partial charge in [-0.1, -0.05) is 37.6 Å². The highest BCUT2D eigenvalue weighted by Crippen LogP contribution is 2.30. The van der Waals surface area contributed by atoms with Gasteiger partial charge in [0.1, 0.15) is 18.2 Å². The Kier molecular flexibility index (Phi) is 7.28. The number of ether oxygens (including phenoxy) is 2. The zero-order valence-corrected chi connectivity index (χ0v) is 17.9. The van der Waals surface area contributed by atoms with E-state index in [0.29, 0.717) is 30.0 Å². The zero-order valence-electron chi connectivity index (χ0n) is 17.9. The maximum atomic E-state index is 13.0. The molecule has 2 aromatic rings. The van der Waals surface area contributed by atoms with Gasteiger partial charge in [0.25, 0.3) is 0 Å². The summed E-state index contributed by atoms with van der Waals surface area (Å²) in [7, 11) is 0. The van der Waals surface area contributed by atoms with Crippen LogP contribution < -0.4 is 15.4 Å². The van der Waals surface area contributed by atoms with E-state index in [-0.39, 0.29) is 18.0 Å². The maximum absolute atomic E-state index is 13.0.